The van der Waals surface area contributed by atoms with Crippen LogP contribution in [0.3, 0.4) is 0 Å². The van der Waals surface area contributed by atoms with Crippen molar-refractivity contribution in [2.24, 2.45) is 0 Å². The number of nitrogens with zero attached hydrogens (tertiary/aromatic N) is 4. The molecule has 0 aromatic carbocycles. The number of imidazole rings is 1. The van der Waals surface area contributed by atoms with E-state index in [1.165, 1.54) is 0 Å². The first-order valence-corrected chi connectivity index (χ1v) is 7.99. The second-order valence-electron chi connectivity index (χ2n) is 5.44. The molecule has 0 unspecified atom stereocenters. The highest BCUT2D eigenvalue weighted by Crippen LogP contribution is 2.19. The summed E-state index contributed by atoms with van der Waals surface area (Å²) in [7, 11) is 0. The Morgan fingerprint density at radius 3 is 2.83 bits per heavy atom. The molecule has 2 aromatic heterocycles. The molecule has 122 valence electrons. The molecule has 0 aliphatic carbocycles. The number of piperazine rings is 1. The molecule has 1 saturated heterocycles. The van der Waals surface area contributed by atoms with Gasteiger partial charge in [-0.05, 0) is 18.2 Å². The molecule has 1 fully saturated rings. The van der Waals surface area contributed by atoms with Gasteiger partial charge in [0, 0.05) is 45.0 Å². The second kappa shape index (κ2) is 7.12. The van der Waals surface area contributed by atoms with E-state index in [1.54, 1.807) is 12.2 Å². The number of fused-ring (bicyclic) bond motifs is 1. The number of aliphatic hydroxyl groups excluding tert-OH is 1. The molecule has 1 aliphatic rings. The van der Waals surface area contributed by atoms with Crippen molar-refractivity contribution in [1.29, 1.82) is 0 Å². The largest absolute Gasteiger partial charge is 0.395 e. The SMILES string of the molecule is O=C(C=Cc1c(Cl)nc2ccccn12)N1CCN(CCO)CC1. The minimum absolute atomic E-state index is 0.0319. The van der Waals surface area contributed by atoms with E-state index in [9.17, 15) is 4.79 Å². The Bertz CT molecular complexity index is 720. The van der Waals surface area contributed by atoms with Gasteiger partial charge in [0.1, 0.15) is 5.65 Å². The van der Waals surface area contributed by atoms with Crippen molar-refractivity contribution in [2.45, 2.75) is 0 Å². The summed E-state index contributed by atoms with van der Waals surface area (Å²) in [6.45, 7) is 3.73. The number of hydrogen-bond acceptors (Lipinski definition) is 4. The molecule has 23 heavy (non-hydrogen) atoms. The smallest absolute Gasteiger partial charge is 0.246 e. The van der Waals surface area contributed by atoms with Gasteiger partial charge in [-0.15, -0.1) is 0 Å². The van der Waals surface area contributed by atoms with Crippen LogP contribution in [0.2, 0.25) is 5.15 Å². The third kappa shape index (κ3) is 3.55. The molecule has 0 spiro atoms. The third-order valence-corrected chi connectivity index (χ3v) is 4.28. The maximum atomic E-state index is 12.3. The van der Waals surface area contributed by atoms with Crippen molar-refractivity contribution >= 4 is 29.2 Å². The lowest BCUT2D eigenvalue weighted by atomic mass is 10.3. The topological polar surface area (TPSA) is 61.1 Å². The van der Waals surface area contributed by atoms with Crippen molar-refractivity contribution in [1.82, 2.24) is 19.2 Å². The normalized spacial score (nSPS) is 16.5. The first-order valence-electron chi connectivity index (χ1n) is 7.62. The van der Waals surface area contributed by atoms with Gasteiger partial charge in [-0.1, -0.05) is 17.7 Å². The summed E-state index contributed by atoms with van der Waals surface area (Å²) >= 11 is 6.15. The van der Waals surface area contributed by atoms with E-state index in [4.69, 9.17) is 16.7 Å². The molecule has 6 nitrogen and oxygen atoms in total. The second-order valence-corrected chi connectivity index (χ2v) is 5.80. The Labute approximate surface area is 139 Å². The molecule has 1 aliphatic heterocycles. The van der Waals surface area contributed by atoms with Gasteiger partial charge in [-0.2, -0.15) is 0 Å². The van der Waals surface area contributed by atoms with Crippen LogP contribution in [-0.4, -0.2) is 69.5 Å². The highest BCUT2D eigenvalue weighted by molar-refractivity contribution is 6.31. The van der Waals surface area contributed by atoms with Crippen LogP contribution in [0.1, 0.15) is 5.69 Å². The molecule has 3 heterocycles. The number of carbonyl (C=O) groups is 1. The Morgan fingerprint density at radius 2 is 2.09 bits per heavy atom. The van der Waals surface area contributed by atoms with E-state index in [0.29, 0.717) is 30.5 Å². The highest BCUT2D eigenvalue weighted by atomic mass is 35.5. The first-order chi connectivity index (χ1) is 11.2. The Hall–Kier alpha value is -1.89. The summed E-state index contributed by atoms with van der Waals surface area (Å²) in [5.74, 6) is -0.0319. The van der Waals surface area contributed by atoms with Gasteiger partial charge < -0.3 is 10.0 Å². The number of pyridine rings is 1. The Morgan fingerprint density at radius 1 is 1.30 bits per heavy atom. The molecule has 7 heteroatoms. The number of hydrogen-bond donors (Lipinski definition) is 1. The van der Waals surface area contributed by atoms with Gasteiger partial charge >= 0.3 is 0 Å². The minimum Gasteiger partial charge on any atom is -0.395 e. The minimum atomic E-state index is -0.0319. The summed E-state index contributed by atoms with van der Waals surface area (Å²) in [5.41, 5.74) is 1.46. The number of rotatable bonds is 4. The number of halogens is 1. The Kier molecular flexibility index (Phi) is 4.95. The molecular weight excluding hydrogens is 316 g/mol. The molecular formula is C16H19ClN4O2. The molecule has 1 amide bonds. The van der Waals surface area contributed by atoms with Crippen LogP contribution >= 0.6 is 11.6 Å². The molecule has 1 N–H and O–H groups in total. The van der Waals surface area contributed by atoms with Crippen LogP contribution < -0.4 is 0 Å². The molecule has 0 atom stereocenters. The van der Waals surface area contributed by atoms with E-state index in [1.807, 2.05) is 33.7 Å². The standard InChI is InChI=1S/C16H19ClN4O2/c17-16-13(21-6-2-1-3-14(21)18-16)4-5-15(23)20-9-7-19(8-10-20)11-12-22/h1-6,22H,7-12H2. The van der Waals surface area contributed by atoms with Crippen LogP contribution in [0.25, 0.3) is 11.7 Å². The Balaban J connectivity index is 1.68. The fourth-order valence-corrected chi connectivity index (χ4v) is 2.96. The van der Waals surface area contributed by atoms with Gasteiger partial charge in [0.2, 0.25) is 5.91 Å². The fourth-order valence-electron chi connectivity index (χ4n) is 2.72. The van der Waals surface area contributed by atoms with Gasteiger partial charge in [-0.3, -0.25) is 14.1 Å². The molecule has 0 saturated carbocycles. The van der Waals surface area contributed by atoms with Gasteiger partial charge in [0.25, 0.3) is 0 Å². The maximum absolute atomic E-state index is 12.3. The summed E-state index contributed by atoms with van der Waals surface area (Å²) in [4.78, 5) is 20.5. The summed E-state index contributed by atoms with van der Waals surface area (Å²) in [5, 5.41) is 9.32. The molecule has 0 bridgehead atoms. The van der Waals surface area contributed by atoms with Crippen molar-refractivity contribution in [3.63, 3.8) is 0 Å². The van der Waals surface area contributed by atoms with Gasteiger partial charge in [0.15, 0.2) is 5.15 Å². The van der Waals surface area contributed by atoms with E-state index in [-0.39, 0.29) is 12.5 Å². The first kappa shape index (κ1) is 16.0. The van der Waals surface area contributed by atoms with Crippen LogP contribution in [-0.2, 0) is 4.79 Å². The quantitative estimate of drug-likeness (QED) is 0.852. The molecule has 3 rings (SSSR count). The summed E-state index contributed by atoms with van der Waals surface area (Å²) < 4.78 is 1.85. The van der Waals surface area contributed by atoms with Crippen molar-refractivity contribution in [3.05, 3.63) is 41.3 Å². The van der Waals surface area contributed by atoms with E-state index < -0.39 is 0 Å². The predicted molar refractivity (Wildman–Crippen MR) is 89.3 cm³/mol. The monoisotopic (exact) mass is 334 g/mol. The van der Waals surface area contributed by atoms with Crippen molar-refractivity contribution < 1.29 is 9.90 Å². The zero-order valence-electron chi connectivity index (χ0n) is 12.7. The zero-order chi connectivity index (χ0) is 16.2. The van der Waals surface area contributed by atoms with E-state index in [2.05, 4.69) is 9.88 Å². The lowest BCUT2D eigenvalue weighted by Gasteiger charge is -2.33. The van der Waals surface area contributed by atoms with Crippen LogP contribution in [0.15, 0.2) is 30.5 Å². The summed E-state index contributed by atoms with van der Waals surface area (Å²) in [6.07, 6.45) is 5.13. The maximum Gasteiger partial charge on any atom is 0.246 e. The number of β-amino-alcohol motifs (C(OH)–C–C–N with tert-alkyl or cyclic N) is 1. The lowest BCUT2D eigenvalue weighted by Crippen LogP contribution is -2.48. The lowest BCUT2D eigenvalue weighted by molar-refractivity contribution is -0.127. The van der Waals surface area contributed by atoms with Gasteiger partial charge in [0.05, 0.1) is 12.3 Å². The average Bonchev–Trinajstić information content (AvgIpc) is 2.89. The fraction of sp³-hybridized carbons (Fsp3) is 0.375. The predicted octanol–water partition coefficient (Wildman–Crippen LogP) is 1.14. The van der Waals surface area contributed by atoms with E-state index in [0.717, 1.165) is 18.7 Å². The summed E-state index contributed by atoms with van der Waals surface area (Å²) in [6, 6.07) is 5.65. The zero-order valence-corrected chi connectivity index (χ0v) is 13.5. The number of amides is 1. The van der Waals surface area contributed by atoms with Crippen LogP contribution in [0.4, 0.5) is 0 Å². The van der Waals surface area contributed by atoms with Crippen molar-refractivity contribution in [3.8, 4) is 0 Å². The highest BCUT2D eigenvalue weighted by Gasteiger charge is 2.19. The molecule has 2 aromatic rings. The number of carbonyl (C=O) groups excluding carboxylic acids is 1. The van der Waals surface area contributed by atoms with Crippen LogP contribution in [0, 0.1) is 0 Å². The van der Waals surface area contributed by atoms with Crippen LogP contribution in [0.5, 0.6) is 0 Å². The number of aromatic nitrogens is 2. The number of aliphatic hydroxyl groups is 1. The third-order valence-electron chi connectivity index (χ3n) is 4.01. The molecule has 0 radical (unpaired) electrons. The van der Waals surface area contributed by atoms with E-state index >= 15 is 0 Å². The average molecular weight is 335 g/mol. The van der Waals surface area contributed by atoms with Crippen molar-refractivity contribution in [2.75, 3.05) is 39.3 Å². The van der Waals surface area contributed by atoms with Gasteiger partial charge in [-0.25, -0.2) is 4.98 Å².